The van der Waals surface area contributed by atoms with Gasteiger partial charge in [0.15, 0.2) is 0 Å². The number of likely N-dealkylation sites (tertiary alicyclic amines) is 1. The summed E-state index contributed by atoms with van der Waals surface area (Å²) >= 11 is 1.60. The minimum atomic E-state index is -0.844. The molecule has 7 heteroatoms. The van der Waals surface area contributed by atoms with Gasteiger partial charge in [-0.25, -0.2) is 9.78 Å². The van der Waals surface area contributed by atoms with Crippen molar-refractivity contribution in [1.29, 1.82) is 0 Å². The quantitative estimate of drug-likeness (QED) is 0.905. The van der Waals surface area contributed by atoms with E-state index in [4.69, 9.17) is 5.11 Å². The van der Waals surface area contributed by atoms with Crippen molar-refractivity contribution in [3.05, 3.63) is 34.7 Å². The van der Waals surface area contributed by atoms with Crippen LogP contribution in [0.2, 0.25) is 0 Å². The topological polar surface area (TPSA) is 82.5 Å². The Kier molecular flexibility index (Phi) is 4.29. The number of carbonyl (C=O) groups excluding carboxylic acids is 1. The molecule has 0 spiro atoms. The van der Waals surface area contributed by atoms with E-state index in [1.807, 2.05) is 36.6 Å². The highest BCUT2D eigenvalue weighted by Gasteiger charge is 2.30. The number of aromatic nitrogens is 1. The van der Waals surface area contributed by atoms with Gasteiger partial charge in [-0.15, -0.1) is 11.3 Å². The number of urea groups is 1. The molecule has 1 unspecified atom stereocenters. The number of benzene rings is 1. The molecule has 0 radical (unpaired) electrons. The monoisotopic (exact) mass is 331 g/mol. The van der Waals surface area contributed by atoms with E-state index in [1.165, 1.54) is 4.90 Å². The zero-order valence-electron chi connectivity index (χ0n) is 12.7. The van der Waals surface area contributed by atoms with Crippen LogP contribution in [0.15, 0.2) is 29.6 Å². The molecule has 3 rings (SSSR count). The summed E-state index contributed by atoms with van der Waals surface area (Å²) in [5.41, 5.74) is 2.61. The Morgan fingerprint density at radius 2 is 2.09 bits per heavy atom. The number of rotatable bonds is 3. The molecule has 0 bridgehead atoms. The van der Waals surface area contributed by atoms with E-state index in [2.05, 4.69) is 10.3 Å². The van der Waals surface area contributed by atoms with Crippen molar-refractivity contribution in [3.8, 4) is 11.3 Å². The van der Waals surface area contributed by atoms with E-state index in [1.54, 1.807) is 11.3 Å². The fourth-order valence-corrected chi connectivity index (χ4v) is 3.19. The summed E-state index contributed by atoms with van der Waals surface area (Å²) in [4.78, 5) is 29.1. The Morgan fingerprint density at radius 3 is 2.65 bits per heavy atom. The molecule has 1 fully saturated rings. The van der Waals surface area contributed by atoms with Gasteiger partial charge in [-0.2, -0.15) is 0 Å². The number of aryl methyl sites for hydroxylation is 1. The maximum Gasteiger partial charge on any atom is 0.321 e. The second-order valence-corrected chi connectivity index (χ2v) is 6.59. The van der Waals surface area contributed by atoms with Crippen LogP contribution in [0.3, 0.4) is 0 Å². The molecule has 2 amide bonds. The van der Waals surface area contributed by atoms with E-state index in [0.717, 1.165) is 16.3 Å². The second-order valence-electron chi connectivity index (χ2n) is 5.53. The van der Waals surface area contributed by atoms with Crippen LogP contribution in [0, 0.1) is 12.8 Å². The number of carboxylic acid groups (broad SMARTS) is 1. The minimum absolute atomic E-state index is 0.258. The van der Waals surface area contributed by atoms with Gasteiger partial charge in [-0.05, 0) is 25.5 Å². The lowest BCUT2D eigenvalue weighted by Crippen LogP contribution is -2.33. The Morgan fingerprint density at radius 1 is 1.35 bits per heavy atom. The molecule has 1 aliphatic heterocycles. The predicted octanol–water partition coefficient (Wildman–Crippen LogP) is 3.06. The summed E-state index contributed by atoms with van der Waals surface area (Å²) in [7, 11) is 0. The van der Waals surface area contributed by atoms with Crippen LogP contribution >= 0.6 is 11.3 Å². The summed E-state index contributed by atoms with van der Waals surface area (Å²) in [5.74, 6) is -1.31. The molecule has 1 saturated heterocycles. The standard InChI is InChI=1S/C16H17N3O3S/c1-10-17-14(9-23-10)11-2-4-13(5-3-11)18-16(22)19-7-6-12(8-19)15(20)21/h2-5,9,12H,6-8H2,1H3,(H,18,22)(H,20,21). The van der Waals surface area contributed by atoms with E-state index < -0.39 is 11.9 Å². The molecule has 0 saturated carbocycles. The lowest BCUT2D eigenvalue weighted by atomic mass is 10.1. The smallest absolute Gasteiger partial charge is 0.321 e. The van der Waals surface area contributed by atoms with Gasteiger partial charge in [-0.3, -0.25) is 4.79 Å². The zero-order chi connectivity index (χ0) is 16.4. The molecule has 1 aromatic heterocycles. The number of hydrogen-bond donors (Lipinski definition) is 2. The van der Waals surface area contributed by atoms with Gasteiger partial charge in [0.2, 0.25) is 0 Å². The van der Waals surface area contributed by atoms with Crippen molar-refractivity contribution in [3.63, 3.8) is 0 Å². The van der Waals surface area contributed by atoms with E-state index >= 15 is 0 Å². The first kappa shape index (κ1) is 15.5. The predicted molar refractivity (Wildman–Crippen MR) is 88.6 cm³/mol. The van der Waals surface area contributed by atoms with Crippen molar-refractivity contribution in [2.75, 3.05) is 18.4 Å². The highest BCUT2D eigenvalue weighted by atomic mass is 32.1. The number of carbonyl (C=O) groups is 2. The zero-order valence-corrected chi connectivity index (χ0v) is 13.5. The summed E-state index contributed by atoms with van der Waals surface area (Å²) in [6, 6.07) is 7.22. The largest absolute Gasteiger partial charge is 0.481 e. The molecule has 1 atom stereocenters. The van der Waals surface area contributed by atoms with Crippen molar-refractivity contribution >= 4 is 29.0 Å². The first-order valence-electron chi connectivity index (χ1n) is 7.34. The lowest BCUT2D eigenvalue weighted by Gasteiger charge is -2.16. The van der Waals surface area contributed by atoms with E-state index in [0.29, 0.717) is 18.7 Å². The van der Waals surface area contributed by atoms with Crippen LogP contribution in [0.1, 0.15) is 11.4 Å². The molecule has 1 aliphatic rings. The van der Waals surface area contributed by atoms with Crippen LogP contribution < -0.4 is 5.32 Å². The van der Waals surface area contributed by atoms with Crippen LogP contribution in [0.4, 0.5) is 10.5 Å². The van der Waals surface area contributed by atoms with Gasteiger partial charge in [0.1, 0.15) is 0 Å². The Hall–Kier alpha value is -2.41. The minimum Gasteiger partial charge on any atom is -0.481 e. The molecule has 120 valence electrons. The van der Waals surface area contributed by atoms with Crippen molar-refractivity contribution in [2.45, 2.75) is 13.3 Å². The number of anilines is 1. The van der Waals surface area contributed by atoms with Gasteiger partial charge in [0.05, 0.1) is 16.6 Å². The van der Waals surface area contributed by atoms with Crippen molar-refractivity contribution in [2.24, 2.45) is 5.92 Å². The highest BCUT2D eigenvalue weighted by Crippen LogP contribution is 2.23. The van der Waals surface area contributed by atoms with Crippen LogP contribution in [0.5, 0.6) is 0 Å². The number of nitrogens with zero attached hydrogens (tertiary/aromatic N) is 2. The second kappa shape index (κ2) is 6.37. The SMILES string of the molecule is Cc1nc(-c2ccc(NC(=O)N3CCC(C(=O)O)C3)cc2)cs1. The first-order chi connectivity index (χ1) is 11.0. The third-order valence-electron chi connectivity index (χ3n) is 3.88. The fourth-order valence-electron chi connectivity index (χ4n) is 2.57. The molecule has 2 heterocycles. The lowest BCUT2D eigenvalue weighted by molar-refractivity contribution is -0.141. The average Bonchev–Trinajstić information content (AvgIpc) is 3.17. The molecule has 1 aromatic carbocycles. The Labute approximate surface area is 137 Å². The summed E-state index contributed by atoms with van der Waals surface area (Å²) in [5, 5.41) is 14.8. The number of thiazole rings is 1. The van der Waals surface area contributed by atoms with Crippen LogP contribution in [0.25, 0.3) is 11.3 Å². The molecule has 23 heavy (non-hydrogen) atoms. The maximum atomic E-state index is 12.2. The number of amides is 2. The third-order valence-corrected chi connectivity index (χ3v) is 4.65. The molecule has 6 nitrogen and oxygen atoms in total. The summed E-state index contributed by atoms with van der Waals surface area (Å²) in [6.45, 7) is 2.69. The number of nitrogens with one attached hydrogen (secondary N) is 1. The summed E-state index contributed by atoms with van der Waals surface area (Å²) < 4.78 is 0. The van der Waals surface area contributed by atoms with Crippen LogP contribution in [-0.2, 0) is 4.79 Å². The number of carboxylic acids is 1. The molecule has 2 aromatic rings. The normalized spacial score (nSPS) is 17.3. The van der Waals surface area contributed by atoms with Gasteiger partial charge in [0, 0.05) is 29.7 Å². The summed E-state index contributed by atoms with van der Waals surface area (Å²) in [6.07, 6.45) is 0.505. The fraction of sp³-hybridized carbons (Fsp3) is 0.312. The molecule has 2 N–H and O–H groups in total. The maximum absolute atomic E-state index is 12.2. The number of aliphatic carboxylic acids is 1. The molecular weight excluding hydrogens is 314 g/mol. The Bertz CT molecular complexity index is 726. The van der Waals surface area contributed by atoms with E-state index in [9.17, 15) is 9.59 Å². The molecule has 0 aliphatic carbocycles. The van der Waals surface area contributed by atoms with Crippen molar-refractivity contribution in [1.82, 2.24) is 9.88 Å². The van der Waals surface area contributed by atoms with Gasteiger partial charge < -0.3 is 15.3 Å². The van der Waals surface area contributed by atoms with Gasteiger partial charge in [-0.1, -0.05) is 12.1 Å². The third kappa shape index (κ3) is 3.50. The van der Waals surface area contributed by atoms with Gasteiger partial charge in [0.25, 0.3) is 0 Å². The number of hydrogen-bond acceptors (Lipinski definition) is 4. The Balaban J connectivity index is 1.62. The molecular formula is C16H17N3O3S. The highest BCUT2D eigenvalue weighted by molar-refractivity contribution is 7.09. The van der Waals surface area contributed by atoms with Gasteiger partial charge >= 0.3 is 12.0 Å². The first-order valence-corrected chi connectivity index (χ1v) is 8.22. The average molecular weight is 331 g/mol. The van der Waals surface area contributed by atoms with Crippen molar-refractivity contribution < 1.29 is 14.7 Å². The van der Waals surface area contributed by atoms with E-state index in [-0.39, 0.29) is 12.6 Å². The van der Waals surface area contributed by atoms with Crippen LogP contribution in [-0.4, -0.2) is 40.1 Å².